The molecule has 0 radical (unpaired) electrons. The molecule has 112 valence electrons. The molecule has 0 aliphatic carbocycles. The summed E-state index contributed by atoms with van der Waals surface area (Å²) < 4.78 is 27.2. The van der Waals surface area contributed by atoms with E-state index >= 15 is 0 Å². The number of nitrogen functional groups attached to an aromatic ring is 1. The fourth-order valence-electron chi connectivity index (χ4n) is 1.92. The molecule has 2 aromatic rings. The molecule has 1 amide bonds. The first-order valence-electron chi connectivity index (χ1n) is 6.32. The molecule has 0 spiro atoms. The summed E-state index contributed by atoms with van der Waals surface area (Å²) in [5, 5.41) is 2.66. The number of aromatic amines is 1. The number of carbonyl (C=O) groups excluding carboxylic acids is 1. The highest BCUT2D eigenvalue weighted by atomic mass is 19.1. The van der Waals surface area contributed by atoms with Gasteiger partial charge in [0.15, 0.2) is 11.6 Å². The summed E-state index contributed by atoms with van der Waals surface area (Å²) in [5.41, 5.74) is 1.29. The van der Waals surface area contributed by atoms with Crippen LogP contribution in [0.4, 0.5) is 14.5 Å². The maximum Gasteiger partial charge on any atom is 0.252 e. The van der Waals surface area contributed by atoms with Crippen LogP contribution in [0, 0.1) is 11.6 Å². The lowest BCUT2D eigenvalue weighted by Gasteiger charge is -2.15. The summed E-state index contributed by atoms with van der Waals surface area (Å²) in [5.74, 6) is 3.11. The number of imidazole rings is 1. The number of amides is 1. The van der Waals surface area contributed by atoms with E-state index in [0.717, 1.165) is 12.1 Å². The highest BCUT2D eigenvalue weighted by Gasteiger charge is 2.19. The van der Waals surface area contributed by atoms with Crippen molar-refractivity contribution in [1.82, 2.24) is 15.3 Å². The van der Waals surface area contributed by atoms with Gasteiger partial charge in [-0.25, -0.2) is 13.8 Å². The fraction of sp³-hybridized carbons (Fsp3) is 0.231. The Bertz CT molecular complexity index is 606. The van der Waals surface area contributed by atoms with E-state index in [9.17, 15) is 13.6 Å². The zero-order valence-electron chi connectivity index (χ0n) is 11.3. The van der Waals surface area contributed by atoms with Crippen LogP contribution >= 0.6 is 0 Å². The summed E-state index contributed by atoms with van der Waals surface area (Å²) >= 11 is 0. The number of anilines is 1. The van der Waals surface area contributed by atoms with E-state index in [1.807, 2.05) is 12.3 Å². The molecule has 0 saturated carbocycles. The van der Waals surface area contributed by atoms with Crippen LogP contribution in [0.2, 0.25) is 0 Å². The van der Waals surface area contributed by atoms with Gasteiger partial charge in [0.25, 0.3) is 5.91 Å². The first-order valence-corrected chi connectivity index (χ1v) is 6.32. The second-order valence-electron chi connectivity index (χ2n) is 4.37. The van der Waals surface area contributed by atoms with Gasteiger partial charge in [-0.3, -0.25) is 10.6 Å². The number of hydrogen-bond acceptors (Lipinski definition) is 4. The minimum atomic E-state index is -0.936. The largest absolute Gasteiger partial charge is 0.347 e. The first-order chi connectivity index (χ1) is 10.1. The van der Waals surface area contributed by atoms with Crippen LogP contribution in [0.3, 0.4) is 0 Å². The Labute approximate surface area is 119 Å². The number of carbonyl (C=O) groups is 1. The van der Waals surface area contributed by atoms with E-state index in [0.29, 0.717) is 12.2 Å². The number of nitrogens with two attached hydrogens (primary N) is 1. The summed E-state index contributed by atoms with van der Waals surface area (Å²) in [6.45, 7) is 1.86. The molecule has 0 aliphatic rings. The van der Waals surface area contributed by atoms with E-state index in [1.54, 1.807) is 12.4 Å². The lowest BCUT2D eigenvalue weighted by atomic mass is 10.1. The highest BCUT2D eigenvalue weighted by Crippen LogP contribution is 2.20. The number of nitrogens with zero attached hydrogens (tertiary/aromatic N) is 1. The van der Waals surface area contributed by atoms with Gasteiger partial charge in [-0.1, -0.05) is 6.92 Å². The molecule has 6 nitrogen and oxygen atoms in total. The van der Waals surface area contributed by atoms with Crippen LogP contribution in [-0.2, 0) is 0 Å². The molecule has 0 saturated heterocycles. The van der Waals surface area contributed by atoms with E-state index in [2.05, 4.69) is 15.3 Å². The van der Waals surface area contributed by atoms with Crippen LogP contribution in [0.1, 0.15) is 35.6 Å². The summed E-state index contributed by atoms with van der Waals surface area (Å²) in [6, 6.07) is 1.47. The minimum Gasteiger partial charge on any atom is -0.347 e. The Balaban J connectivity index is 2.20. The number of halogens is 2. The Morgan fingerprint density at radius 2 is 2.10 bits per heavy atom. The molecule has 0 bridgehead atoms. The van der Waals surface area contributed by atoms with Gasteiger partial charge in [0.2, 0.25) is 0 Å². The molecule has 5 N–H and O–H groups in total. The Hall–Kier alpha value is -2.48. The van der Waals surface area contributed by atoms with Crippen molar-refractivity contribution in [3.8, 4) is 0 Å². The van der Waals surface area contributed by atoms with E-state index in [1.165, 1.54) is 0 Å². The summed E-state index contributed by atoms with van der Waals surface area (Å²) in [6.07, 6.45) is 3.77. The molecule has 8 heteroatoms. The molecular formula is C13H15F2N5O. The lowest BCUT2D eigenvalue weighted by molar-refractivity contribution is 0.0933. The average molecular weight is 295 g/mol. The number of nitrogens with one attached hydrogen (secondary N) is 3. The van der Waals surface area contributed by atoms with Crippen LogP contribution in [0.25, 0.3) is 0 Å². The van der Waals surface area contributed by atoms with Gasteiger partial charge < -0.3 is 15.7 Å². The zero-order chi connectivity index (χ0) is 15.4. The molecule has 21 heavy (non-hydrogen) atoms. The molecule has 1 aromatic carbocycles. The number of hydrogen-bond donors (Lipinski definition) is 4. The monoisotopic (exact) mass is 295 g/mol. The van der Waals surface area contributed by atoms with Crippen LogP contribution in [-0.4, -0.2) is 15.9 Å². The van der Waals surface area contributed by atoms with Gasteiger partial charge >= 0.3 is 0 Å². The van der Waals surface area contributed by atoms with Crippen molar-refractivity contribution in [2.45, 2.75) is 19.4 Å². The predicted molar refractivity (Wildman–Crippen MR) is 73.3 cm³/mol. The molecule has 1 aromatic heterocycles. The van der Waals surface area contributed by atoms with Crippen molar-refractivity contribution in [2.75, 3.05) is 5.43 Å². The Morgan fingerprint density at radius 1 is 1.43 bits per heavy atom. The van der Waals surface area contributed by atoms with Crippen molar-refractivity contribution in [2.24, 2.45) is 5.84 Å². The van der Waals surface area contributed by atoms with Crippen molar-refractivity contribution in [3.05, 3.63) is 47.5 Å². The molecule has 0 fully saturated rings. The number of rotatable bonds is 5. The van der Waals surface area contributed by atoms with Crippen molar-refractivity contribution in [3.63, 3.8) is 0 Å². The SMILES string of the molecule is CCC(NC(=O)c1cc(F)c(NN)c(F)c1)c1ncc[nH]1. The maximum absolute atomic E-state index is 13.6. The number of H-pyrrole nitrogens is 1. The fourth-order valence-corrected chi connectivity index (χ4v) is 1.92. The highest BCUT2D eigenvalue weighted by molar-refractivity contribution is 5.94. The van der Waals surface area contributed by atoms with E-state index in [-0.39, 0.29) is 11.6 Å². The average Bonchev–Trinajstić information content (AvgIpc) is 2.98. The van der Waals surface area contributed by atoms with Crippen LogP contribution < -0.4 is 16.6 Å². The molecule has 1 atom stereocenters. The number of hydrazine groups is 1. The van der Waals surface area contributed by atoms with Gasteiger partial charge in [-0.15, -0.1) is 0 Å². The third-order valence-corrected chi connectivity index (χ3v) is 3.01. The van der Waals surface area contributed by atoms with Gasteiger partial charge in [0.05, 0.1) is 6.04 Å². The first kappa shape index (κ1) is 14.9. The Kier molecular flexibility index (Phi) is 4.49. The summed E-state index contributed by atoms with van der Waals surface area (Å²) in [7, 11) is 0. The van der Waals surface area contributed by atoms with Gasteiger partial charge in [0, 0.05) is 18.0 Å². The molecular weight excluding hydrogens is 280 g/mol. The second kappa shape index (κ2) is 6.31. The smallest absolute Gasteiger partial charge is 0.252 e. The third-order valence-electron chi connectivity index (χ3n) is 3.01. The summed E-state index contributed by atoms with van der Waals surface area (Å²) in [4.78, 5) is 19.0. The van der Waals surface area contributed by atoms with Crippen LogP contribution in [0.15, 0.2) is 24.5 Å². The van der Waals surface area contributed by atoms with Gasteiger partial charge in [0.1, 0.15) is 11.5 Å². The molecule has 1 unspecified atom stereocenters. The Morgan fingerprint density at radius 3 is 2.57 bits per heavy atom. The maximum atomic E-state index is 13.6. The molecule has 0 aliphatic heterocycles. The second-order valence-corrected chi connectivity index (χ2v) is 4.37. The van der Waals surface area contributed by atoms with Crippen molar-refractivity contribution >= 4 is 11.6 Å². The van der Waals surface area contributed by atoms with Gasteiger partial charge in [-0.2, -0.15) is 0 Å². The van der Waals surface area contributed by atoms with Crippen LogP contribution in [0.5, 0.6) is 0 Å². The topological polar surface area (TPSA) is 95.8 Å². The van der Waals surface area contributed by atoms with Gasteiger partial charge in [-0.05, 0) is 18.6 Å². The predicted octanol–water partition coefficient (Wildman–Crippen LogP) is 1.85. The standard InChI is InChI=1S/C13H15F2N5O/c1-2-10(12-17-3-4-18-12)19-13(21)7-5-8(14)11(20-16)9(15)6-7/h3-6,10,20H,2,16H2,1H3,(H,17,18)(H,19,21). The zero-order valence-corrected chi connectivity index (χ0v) is 11.3. The van der Waals surface area contributed by atoms with Crippen molar-refractivity contribution < 1.29 is 13.6 Å². The van der Waals surface area contributed by atoms with Crippen molar-refractivity contribution in [1.29, 1.82) is 0 Å². The number of benzene rings is 1. The molecule has 2 rings (SSSR count). The quantitative estimate of drug-likeness (QED) is 0.500. The number of aromatic nitrogens is 2. The minimum absolute atomic E-state index is 0.131. The van der Waals surface area contributed by atoms with E-state index < -0.39 is 23.2 Å². The normalized spacial score (nSPS) is 12.0. The molecule has 1 heterocycles. The van der Waals surface area contributed by atoms with E-state index in [4.69, 9.17) is 5.84 Å². The third kappa shape index (κ3) is 3.16. The lowest BCUT2D eigenvalue weighted by Crippen LogP contribution is -2.29.